The van der Waals surface area contributed by atoms with E-state index in [0.717, 1.165) is 47.7 Å². The van der Waals surface area contributed by atoms with Gasteiger partial charge in [-0.15, -0.1) is 0 Å². The summed E-state index contributed by atoms with van der Waals surface area (Å²) < 4.78 is 2.31. The molecule has 2 aromatic carbocycles. The van der Waals surface area contributed by atoms with E-state index < -0.39 is 5.41 Å². The lowest BCUT2D eigenvalue weighted by Crippen LogP contribution is -2.30. The number of para-hydroxylation sites is 1. The molecule has 0 amide bonds. The van der Waals surface area contributed by atoms with Crippen molar-refractivity contribution in [1.29, 1.82) is 10.5 Å². The first-order chi connectivity index (χ1) is 19.5. The molecule has 0 fully saturated rings. The SMILES string of the molecule is CCCC[N+]1=C(/C=C2C(O)=C(/C=C3\N(CC)c4ccc(O)cc4C3(C)C)C\2=C(C#N)C#N)C(C)(C)c2ccccc21. The van der Waals surface area contributed by atoms with Crippen molar-refractivity contribution in [1.82, 2.24) is 0 Å². The monoisotopic (exact) mass is 545 g/mol. The molecule has 5 rings (SSSR count). The summed E-state index contributed by atoms with van der Waals surface area (Å²) in [6.07, 6.45) is 5.94. The molecule has 0 saturated carbocycles. The molecule has 2 aliphatic heterocycles. The lowest BCUT2D eigenvalue weighted by Gasteiger charge is -2.31. The normalized spacial score (nSPS) is 20.2. The average Bonchev–Trinajstić information content (AvgIpc) is 3.30. The van der Waals surface area contributed by atoms with E-state index in [9.17, 15) is 20.7 Å². The van der Waals surface area contributed by atoms with Gasteiger partial charge >= 0.3 is 0 Å². The molecule has 0 bridgehead atoms. The van der Waals surface area contributed by atoms with Crippen molar-refractivity contribution < 1.29 is 14.8 Å². The van der Waals surface area contributed by atoms with Crippen LogP contribution < -0.4 is 4.90 Å². The molecule has 6 nitrogen and oxygen atoms in total. The second-order valence-corrected chi connectivity index (χ2v) is 11.9. The third kappa shape index (κ3) is 4.18. The maximum atomic E-state index is 11.6. The van der Waals surface area contributed by atoms with Crippen LogP contribution in [0.4, 0.5) is 11.4 Å². The number of hydrogen-bond donors (Lipinski definition) is 2. The van der Waals surface area contributed by atoms with Gasteiger partial charge in [0, 0.05) is 64.2 Å². The molecular weight excluding hydrogens is 508 g/mol. The fourth-order valence-electron chi connectivity index (χ4n) is 6.55. The topological polar surface area (TPSA) is 94.3 Å². The molecule has 6 heteroatoms. The summed E-state index contributed by atoms with van der Waals surface area (Å²) in [6, 6.07) is 17.9. The minimum Gasteiger partial charge on any atom is -0.508 e. The van der Waals surface area contributed by atoms with Crippen LogP contribution in [0.15, 0.2) is 88.4 Å². The van der Waals surface area contributed by atoms with E-state index in [4.69, 9.17) is 0 Å². The number of benzene rings is 2. The molecule has 0 aromatic heterocycles. The number of unbranched alkanes of at least 4 members (excludes halogenated alkanes) is 1. The Morgan fingerprint density at radius 3 is 2.32 bits per heavy atom. The van der Waals surface area contributed by atoms with E-state index in [2.05, 4.69) is 81.4 Å². The van der Waals surface area contributed by atoms with E-state index >= 15 is 0 Å². The van der Waals surface area contributed by atoms with Gasteiger partial charge in [0.05, 0.1) is 5.41 Å². The highest BCUT2D eigenvalue weighted by Gasteiger charge is 2.46. The number of allylic oxidation sites excluding steroid dienone is 6. The van der Waals surface area contributed by atoms with Crippen molar-refractivity contribution in [3.05, 3.63) is 99.5 Å². The van der Waals surface area contributed by atoms with Crippen LogP contribution in [0.3, 0.4) is 0 Å². The molecule has 2 aromatic rings. The third-order valence-electron chi connectivity index (χ3n) is 8.81. The lowest BCUT2D eigenvalue weighted by molar-refractivity contribution is -0.438. The van der Waals surface area contributed by atoms with E-state index in [1.807, 2.05) is 24.3 Å². The lowest BCUT2D eigenvalue weighted by atomic mass is 9.74. The minimum absolute atomic E-state index is 0.0241. The van der Waals surface area contributed by atoms with Gasteiger partial charge in [-0.2, -0.15) is 15.1 Å². The Balaban J connectivity index is 1.71. The molecule has 0 atom stereocenters. The van der Waals surface area contributed by atoms with Gasteiger partial charge in [-0.3, -0.25) is 0 Å². The number of fused-ring (bicyclic) bond motifs is 2. The summed E-state index contributed by atoms with van der Waals surface area (Å²) in [4.78, 5) is 2.16. The van der Waals surface area contributed by atoms with Crippen molar-refractivity contribution in [2.45, 2.75) is 65.2 Å². The molecule has 2 heterocycles. The second kappa shape index (κ2) is 10.1. The molecule has 0 spiro atoms. The number of aliphatic hydroxyl groups is 1. The Kier molecular flexibility index (Phi) is 6.92. The largest absolute Gasteiger partial charge is 0.508 e. The van der Waals surface area contributed by atoms with Gasteiger partial charge in [0.2, 0.25) is 5.69 Å². The van der Waals surface area contributed by atoms with Crippen molar-refractivity contribution in [2.75, 3.05) is 18.0 Å². The fraction of sp³-hybridized carbons (Fsp3) is 0.343. The van der Waals surface area contributed by atoms with Crippen LogP contribution in [0.25, 0.3) is 0 Å². The smallest absolute Gasteiger partial charge is 0.209 e. The summed E-state index contributed by atoms with van der Waals surface area (Å²) in [5.41, 5.74) is 6.97. The summed E-state index contributed by atoms with van der Waals surface area (Å²) in [5, 5.41) is 41.7. The van der Waals surface area contributed by atoms with Crippen molar-refractivity contribution in [2.24, 2.45) is 0 Å². The number of likely N-dealkylation sites (N-methyl/N-ethyl adjacent to an activating group) is 1. The van der Waals surface area contributed by atoms with E-state index in [1.165, 1.54) is 5.56 Å². The number of hydrogen-bond acceptors (Lipinski definition) is 5. The minimum atomic E-state index is -0.470. The predicted octanol–water partition coefficient (Wildman–Crippen LogP) is 7.37. The first kappa shape index (κ1) is 28.0. The van der Waals surface area contributed by atoms with Gasteiger partial charge < -0.3 is 15.1 Å². The highest BCUT2D eigenvalue weighted by Crippen LogP contribution is 2.51. The molecule has 2 N–H and O–H groups in total. The van der Waals surface area contributed by atoms with Crippen LogP contribution in [0.1, 0.15) is 65.5 Å². The number of phenolic OH excluding ortho intramolecular Hbond substituents is 1. The van der Waals surface area contributed by atoms with Crippen LogP contribution >= 0.6 is 0 Å². The second-order valence-electron chi connectivity index (χ2n) is 11.9. The maximum absolute atomic E-state index is 11.6. The first-order valence-corrected chi connectivity index (χ1v) is 14.3. The zero-order chi connectivity index (χ0) is 29.7. The van der Waals surface area contributed by atoms with E-state index in [1.54, 1.807) is 12.1 Å². The summed E-state index contributed by atoms with van der Waals surface area (Å²) in [5.74, 6) is 0.280. The number of rotatable bonds is 6. The van der Waals surface area contributed by atoms with Gasteiger partial charge in [-0.1, -0.05) is 45.4 Å². The number of aromatic hydroxyl groups is 1. The number of aliphatic hydroxyl groups excluding tert-OH is 1. The molecular formula is C35H37N4O2+. The van der Waals surface area contributed by atoms with Gasteiger partial charge in [0.1, 0.15) is 35.8 Å². The Morgan fingerprint density at radius 2 is 1.66 bits per heavy atom. The quantitative estimate of drug-likeness (QED) is 0.292. The Hall–Kier alpha value is -4.55. The summed E-state index contributed by atoms with van der Waals surface area (Å²) in [6.45, 7) is 14.3. The highest BCUT2D eigenvalue weighted by molar-refractivity contribution is 6.05. The molecule has 1 aliphatic carbocycles. The van der Waals surface area contributed by atoms with E-state index in [0.29, 0.717) is 23.3 Å². The van der Waals surface area contributed by atoms with Crippen LogP contribution in [-0.4, -0.2) is 33.6 Å². The number of nitriles is 2. The van der Waals surface area contributed by atoms with Crippen molar-refractivity contribution >= 4 is 17.1 Å². The van der Waals surface area contributed by atoms with Crippen LogP contribution in [0.2, 0.25) is 0 Å². The van der Waals surface area contributed by atoms with Gasteiger partial charge in [0.15, 0.2) is 5.71 Å². The standard InChI is InChI=1S/C35H36N4O2/c1-7-9-16-39-28-13-11-10-12-26(28)34(3,4)31(39)19-25-32(22(20-36)21-37)24(33(25)41)18-30-35(5,6)27-17-23(40)14-15-29(27)38(30)8-2/h10-15,17-19H,7-9,16H2,1-6H3,(H-,40,41)/p+1. The summed E-state index contributed by atoms with van der Waals surface area (Å²) in [7, 11) is 0. The molecule has 41 heavy (non-hydrogen) atoms. The van der Waals surface area contributed by atoms with Gasteiger partial charge in [0.25, 0.3) is 0 Å². The summed E-state index contributed by atoms with van der Waals surface area (Å²) >= 11 is 0. The molecule has 3 aliphatic rings. The molecule has 0 saturated heterocycles. The molecule has 0 unspecified atom stereocenters. The number of anilines is 1. The fourth-order valence-corrected chi connectivity index (χ4v) is 6.55. The molecule has 208 valence electrons. The Bertz CT molecular complexity index is 1680. The van der Waals surface area contributed by atoms with Crippen LogP contribution in [0, 0.1) is 22.7 Å². The number of nitrogens with zero attached hydrogens (tertiary/aromatic N) is 4. The van der Waals surface area contributed by atoms with Crippen molar-refractivity contribution in [3.8, 4) is 17.9 Å². The first-order valence-electron chi connectivity index (χ1n) is 14.3. The van der Waals surface area contributed by atoms with Gasteiger partial charge in [-0.05, 0) is 50.6 Å². The van der Waals surface area contributed by atoms with Crippen LogP contribution in [-0.2, 0) is 10.8 Å². The average molecular weight is 546 g/mol. The maximum Gasteiger partial charge on any atom is 0.209 e. The third-order valence-corrected chi connectivity index (χ3v) is 8.81. The van der Waals surface area contributed by atoms with E-state index in [-0.39, 0.29) is 22.5 Å². The molecule has 0 radical (unpaired) electrons. The van der Waals surface area contributed by atoms with Crippen LogP contribution in [0.5, 0.6) is 5.75 Å². The Labute approximate surface area is 242 Å². The zero-order valence-corrected chi connectivity index (χ0v) is 24.7. The number of phenols is 1. The Morgan fingerprint density at radius 1 is 0.951 bits per heavy atom. The zero-order valence-electron chi connectivity index (χ0n) is 24.7. The van der Waals surface area contributed by atoms with Gasteiger partial charge in [-0.25, -0.2) is 0 Å². The van der Waals surface area contributed by atoms with Crippen molar-refractivity contribution in [3.63, 3.8) is 0 Å². The predicted molar refractivity (Wildman–Crippen MR) is 162 cm³/mol. The highest BCUT2D eigenvalue weighted by atomic mass is 16.3.